The highest BCUT2D eigenvalue weighted by Crippen LogP contribution is 2.38. The first kappa shape index (κ1) is 13.6. The zero-order valence-corrected chi connectivity index (χ0v) is 13.4. The normalized spacial score (nSPS) is 20.2. The van der Waals surface area contributed by atoms with Crippen LogP contribution in [-0.4, -0.2) is 6.04 Å². The summed E-state index contributed by atoms with van der Waals surface area (Å²) in [6, 6.07) is 5.37. The first-order chi connectivity index (χ1) is 9.22. The third-order valence-corrected chi connectivity index (χ3v) is 5.76. The zero-order valence-electron chi connectivity index (χ0n) is 11.0. The fourth-order valence-electron chi connectivity index (χ4n) is 2.86. The fraction of sp³-hybridized carbons (Fsp3) is 0.467. The standard InChI is InChI=1S/C15H18ClNS2/c1-10(7-11-5-6-18-9-11)17-13-3-2-4-14-12(13)8-15(16)19-14/h5-6,8-10,13,17H,2-4,7H2,1H3. The van der Waals surface area contributed by atoms with Gasteiger partial charge in [-0.15, -0.1) is 11.3 Å². The van der Waals surface area contributed by atoms with Gasteiger partial charge in [0.2, 0.25) is 0 Å². The third kappa shape index (κ3) is 3.22. The Balaban J connectivity index is 1.67. The van der Waals surface area contributed by atoms with Gasteiger partial charge in [0, 0.05) is 17.0 Å². The Morgan fingerprint density at radius 1 is 1.53 bits per heavy atom. The molecule has 1 N–H and O–H groups in total. The molecule has 0 bridgehead atoms. The molecule has 1 aliphatic rings. The van der Waals surface area contributed by atoms with Gasteiger partial charge in [0.25, 0.3) is 0 Å². The Labute approximate surface area is 127 Å². The maximum atomic E-state index is 6.16. The summed E-state index contributed by atoms with van der Waals surface area (Å²) in [7, 11) is 0. The summed E-state index contributed by atoms with van der Waals surface area (Å²) in [4.78, 5) is 1.48. The van der Waals surface area contributed by atoms with Gasteiger partial charge in [-0.25, -0.2) is 0 Å². The maximum absolute atomic E-state index is 6.16. The van der Waals surface area contributed by atoms with Crippen molar-refractivity contribution in [2.24, 2.45) is 0 Å². The number of aryl methyl sites for hydroxylation is 1. The SMILES string of the molecule is CC(Cc1ccsc1)NC1CCCc2sc(Cl)cc21. The van der Waals surface area contributed by atoms with Gasteiger partial charge in [0.05, 0.1) is 4.34 Å². The molecule has 102 valence electrons. The number of thiophene rings is 2. The molecule has 3 rings (SSSR count). The van der Waals surface area contributed by atoms with E-state index in [1.54, 1.807) is 22.7 Å². The third-order valence-electron chi connectivity index (χ3n) is 3.69. The molecule has 2 heterocycles. The molecule has 19 heavy (non-hydrogen) atoms. The molecule has 1 aliphatic carbocycles. The largest absolute Gasteiger partial charge is 0.307 e. The highest BCUT2D eigenvalue weighted by molar-refractivity contribution is 7.16. The van der Waals surface area contributed by atoms with Gasteiger partial charge in [0.1, 0.15) is 0 Å². The van der Waals surface area contributed by atoms with Crippen LogP contribution >= 0.6 is 34.3 Å². The van der Waals surface area contributed by atoms with Crippen molar-refractivity contribution in [1.82, 2.24) is 5.32 Å². The van der Waals surface area contributed by atoms with E-state index in [9.17, 15) is 0 Å². The van der Waals surface area contributed by atoms with E-state index in [1.165, 1.54) is 35.3 Å². The number of rotatable bonds is 4. The van der Waals surface area contributed by atoms with Crippen LogP contribution in [0.25, 0.3) is 0 Å². The van der Waals surface area contributed by atoms with Gasteiger partial charge in [-0.2, -0.15) is 11.3 Å². The molecule has 0 spiro atoms. The molecule has 1 nitrogen and oxygen atoms in total. The summed E-state index contributed by atoms with van der Waals surface area (Å²) in [5.41, 5.74) is 2.88. The van der Waals surface area contributed by atoms with Crippen LogP contribution in [0.3, 0.4) is 0 Å². The fourth-order valence-corrected chi connectivity index (χ4v) is 4.92. The van der Waals surface area contributed by atoms with Crippen LogP contribution in [0.2, 0.25) is 4.34 Å². The summed E-state index contributed by atoms with van der Waals surface area (Å²) >= 11 is 9.69. The monoisotopic (exact) mass is 311 g/mol. The van der Waals surface area contributed by atoms with Crippen molar-refractivity contribution in [3.8, 4) is 0 Å². The first-order valence-electron chi connectivity index (χ1n) is 6.77. The Morgan fingerprint density at radius 2 is 2.42 bits per heavy atom. The van der Waals surface area contributed by atoms with E-state index >= 15 is 0 Å². The second-order valence-corrected chi connectivity index (χ2v) is 7.83. The van der Waals surface area contributed by atoms with Gasteiger partial charge in [-0.05, 0) is 66.6 Å². The first-order valence-corrected chi connectivity index (χ1v) is 8.91. The van der Waals surface area contributed by atoms with Crippen LogP contribution in [0.4, 0.5) is 0 Å². The highest BCUT2D eigenvalue weighted by Gasteiger charge is 2.23. The van der Waals surface area contributed by atoms with Crippen LogP contribution in [0, 0.1) is 0 Å². The van der Waals surface area contributed by atoms with E-state index in [0.29, 0.717) is 12.1 Å². The van der Waals surface area contributed by atoms with Crippen LogP contribution in [-0.2, 0) is 12.8 Å². The van der Waals surface area contributed by atoms with E-state index in [-0.39, 0.29) is 0 Å². The molecule has 0 aromatic carbocycles. The van der Waals surface area contributed by atoms with Gasteiger partial charge in [-0.3, -0.25) is 0 Å². The van der Waals surface area contributed by atoms with Crippen molar-refractivity contribution in [1.29, 1.82) is 0 Å². The summed E-state index contributed by atoms with van der Waals surface area (Å²) < 4.78 is 0.934. The molecular weight excluding hydrogens is 294 g/mol. The van der Waals surface area contributed by atoms with Crippen molar-refractivity contribution in [3.05, 3.63) is 43.2 Å². The molecule has 0 saturated carbocycles. The quantitative estimate of drug-likeness (QED) is 0.832. The number of hydrogen-bond donors (Lipinski definition) is 1. The number of halogens is 1. The minimum atomic E-state index is 0.487. The lowest BCUT2D eigenvalue weighted by atomic mass is 9.93. The number of hydrogen-bond acceptors (Lipinski definition) is 3. The molecule has 2 aromatic rings. The van der Waals surface area contributed by atoms with Crippen LogP contribution in [0.5, 0.6) is 0 Å². The highest BCUT2D eigenvalue weighted by atomic mass is 35.5. The minimum absolute atomic E-state index is 0.487. The van der Waals surface area contributed by atoms with Crippen molar-refractivity contribution < 1.29 is 0 Å². The molecule has 2 aromatic heterocycles. The Morgan fingerprint density at radius 3 is 3.21 bits per heavy atom. The zero-order chi connectivity index (χ0) is 13.2. The molecule has 0 aliphatic heterocycles. The van der Waals surface area contributed by atoms with Crippen molar-refractivity contribution in [3.63, 3.8) is 0 Å². The summed E-state index contributed by atoms with van der Waals surface area (Å²) in [5, 5.41) is 8.17. The van der Waals surface area contributed by atoms with E-state index in [2.05, 4.69) is 35.1 Å². The van der Waals surface area contributed by atoms with E-state index < -0.39 is 0 Å². The van der Waals surface area contributed by atoms with Crippen LogP contribution in [0.15, 0.2) is 22.9 Å². The van der Waals surface area contributed by atoms with Crippen molar-refractivity contribution >= 4 is 34.3 Å². The predicted octanol–water partition coefficient (Wildman–Crippen LogP) is 5.06. The average molecular weight is 312 g/mol. The molecular formula is C15H18ClNS2. The molecule has 0 fully saturated rings. The topological polar surface area (TPSA) is 12.0 Å². The minimum Gasteiger partial charge on any atom is -0.307 e. The van der Waals surface area contributed by atoms with Gasteiger partial charge >= 0.3 is 0 Å². The molecule has 4 heteroatoms. The lowest BCUT2D eigenvalue weighted by Gasteiger charge is -2.27. The van der Waals surface area contributed by atoms with Gasteiger partial charge < -0.3 is 5.32 Å². The van der Waals surface area contributed by atoms with Gasteiger partial charge in [0.15, 0.2) is 0 Å². The Bertz CT molecular complexity index is 532. The second kappa shape index (κ2) is 5.96. The van der Waals surface area contributed by atoms with E-state index in [0.717, 1.165) is 10.8 Å². The van der Waals surface area contributed by atoms with Gasteiger partial charge in [-0.1, -0.05) is 11.6 Å². The predicted molar refractivity (Wildman–Crippen MR) is 85.6 cm³/mol. The maximum Gasteiger partial charge on any atom is 0.0934 e. The Hall–Kier alpha value is -0.350. The summed E-state index contributed by atoms with van der Waals surface area (Å²) in [6.07, 6.45) is 4.80. The van der Waals surface area contributed by atoms with Crippen molar-refractivity contribution in [2.75, 3.05) is 0 Å². The molecule has 0 amide bonds. The smallest absolute Gasteiger partial charge is 0.0934 e. The molecule has 0 radical (unpaired) electrons. The Kier molecular flexibility index (Phi) is 4.27. The number of nitrogens with one attached hydrogen (secondary N) is 1. The number of fused-ring (bicyclic) bond motifs is 1. The second-order valence-electron chi connectivity index (χ2n) is 5.28. The average Bonchev–Trinajstić information content (AvgIpc) is 2.97. The summed E-state index contributed by atoms with van der Waals surface area (Å²) in [6.45, 7) is 2.28. The lowest BCUT2D eigenvalue weighted by molar-refractivity contribution is 0.410. The van der Waals surface area contributed by atoms with Crippen LogP contribution in [0.1, 0.15) is 41.8 Å². The van der Waals surface area contributed by atoms with Crippen LogP contribution < -0.4 is 5.32 Å². The molecule has 2 atom stereocenters. The van der Waals surface area contributed by atoms with E-state index in [4.69, 9.17) is 11.6 Å². The lowest BCUT2D eigenvalue weighted by Crippen LogP contribution is -2.33. The molecule has 0 saturated heterocycles. The van der Waals surface area contributed by atoms with Crippen molar-refractivity contribution in [2.45, 2.75) is 44.7 Å². The summed E-state index contributed by atoms with van der Waals surface area (Å²) in [5.74, 6) is 0. The molecule has 2 unspecified atom stereocenters. The van der Waals surface area contributed by atoms with E-state index in [1.807, 2.05) is 0 Å².